The number of carbonyl (C=O) groups excluding carboxylic acids is 1. The first-order valence-electron chi connectivity index (χ1n) is 7.35. The lowest BCUT2D eigenvalue weighted by Crippen LogP contribution is -2.33. The van der Waals surface area contributed by atoms with E-state index < -0.39 is 0 Å². The van der Waals surface area contributed by atoms with Gasteiger partial charge in [0.25, 0.3) is 5.91 Å². The number of hydrogen-bond acceptors (Lipinski definition) is 3. The standard InChI is InChI=1S/C17H12BrClN2OS2/c18-11-3-1-10(2-4-11)16-21-14(9-24-16)15(22)20(17(21)23)13-7-5-12(19)6-8-13/h1-8,14,16H,9H2/t14-,16+/m0/s1. The van der Waals surface area contributed by atoms with Gasteiger partial charge < -0.3 is 4.90 Å². The fourth-order valence-electron chi connectivity index (χ4n) is 3.00. The van der Waals surface area contributed by atoms with Gasteiger partial charge in [-0.05, 0) is 54.2 Å². The molecule has 2 heterocycles. The lowest BCUT2D eigenvalue weighted by atomic mass is 10.2. The molecule has 2 saturated heterocycles. The Kier molecular flexibility index (Phi) is 4.33. The van der Waals surface area contributed by atoms with E-state index in [-0.39, 0.29) is 17.3 Å². The van der Waals surface area contributed by atoms with Crippen LogP contribution >= 0.6 is 51.5 Å². The van der Waals surface area contributed by atoms with Crippen molar-refractivity contribution in [2.45, 2.75) is 11.4 Å². The third-order valence-electron chi connectivity index (χ3n) is 4.16. The van der Waals surface area contributed by atoms with Crippen molar-refractivity contribution in [2.75, 3.05) is 10.7 Å². The molecule has 0 spiro atoms. The maximum Gasteiger partial charge on any atom is 0.257 e. The van der Waals surface area contributed by atoms with Gasteiger partial charge in [0, 0.05) is 15.2 Å². The van der Waals surface area contributed by atoms with Crippen molar-refractivity contribution in [1.29, 1.82) is 0 Å². The summed E-state index contributed by atoms with van der Waals surface area (Å²) in [5.74, 6) is 0.776. The highest BCUT2D eigenvalue weighted by Crippen LogP contribution is 2.46. The molecule has 1 amide bonds. The van der Waals surface area contributed by atoms with Crippen molar-refractivity contribution in [1.82, 2.24) is 4.90 Å². The Labute approximate surface area is 163 Å². The fourth-order valence-corrected chi connectivity index (χ4v) is 5.31. The Morgan fingerprint density at radius 2 is 1.79 bits per heavy atom. The Hall–Kier alpha value is -1.08. The summed E-state index contributed by atoms with van der Waals surface area (Å²) in [5.41, 5.74) is 1.92. The zero-order valence-electron chi connectivity index (χ0n) is 12.4. The van der Waals surface area contributed by atoms with E-state index in [1.807, 2.05) is 24.3 Å². The number of hydrogen-bond donors (Lipinski definition) is 0. The predicted molar refractivity (Wildman–Crippen MR) is 107 cm³/mol. The van der Waals surface area contributed by atoms with E-state index in [1.54, 1.807) is 28.8 Å². The number of amides is 1. The van der Waals surface area contributed by atoms with Gasteiger partial charge >= 0.3 is 0 Å². The monoisotopic (exact) mass is 438 g/mol. The largest absolute Gasteiger partial charge is 0.319 e. The number of benzene rings is 2. The minimum Gasteiger partial charge on any atom is -0.319 e. The van der Waals surface area contributed by atoms with Crippen LogP contribution in [0.15, 0.2) is 53.0 Å². The summed E-state index contributed by atoms with van der Waals surface area (Å²) in [6, 6.07) is 15.2. The number of halogens is 2. The summed E-state index contributed by atoms with van der Waals surface area (Å²) in [7, 11) is 0. The highest BCUT2D eigenvalue weighted by Gasteiger charge is 2.50. The molecule has 3 nitrogen and oxygen atoms in total. The van der Waals surface area contributed by atoms with Gasteiger partial charge in [-0.3, -0.25) is 9.69 Å². The van der Waals surface area contributed by atoms with Gasteiger partial charge in [0.2, 0.25) is 0 Å². The van der Waals surface area contributed by atoms with E-state index in [0.717, 1.165) is 21.5 Å². The molecule has 0 aromatic heterocycles. The normalized spacial score (nSPS) is 23.1. The topological polar surface area (TPSA) is 23.6 Å². The number of thioether (sulfide) groups is 1. The number of carbonyl (C=O) groups is 1. The molecule has 24 heavy (non-hydrogen) atoms. The Morgan fingerprint density at radius 3 is 2.46 bits per heavy atom. The molecule has 0 radical (unpaired) electrons. The van der Waals surface area contributed by atoms with Crippen LogP contribution in [0.25, 0.3) is 0 Å². The molecule has 2 aromatic carbocycles. The average Bonchev–Trinajstić information content (AvgIpc) is 3.11. The first-order valence-corrected chi connectivity index (χ1v) is 9.98. The summed E-state index contributed by atoms with van der Waals surface area (Å²) in [6.45, 7) is 0. The maximum atomic E-state index is 12.9. The lowest BCUT2D eigenvalue weighted by molar-refractivity contribution is -0.119. The number of nitrogens with zero attached hydrogens (tertiary/aromatic N) is 2. The van der Waals surface area contributed by atoms with Gasteiger partial charge in [-0.2, -0.15) is 0 Å². The van der Waals surface area contributed by atoms with Gasteiger partial charge in [0.05, 0.1) is 5.69 Å². The van der Waals surface area contributed by atoms with Gasteiger partial charge in [0.1, 0.15) is 11.4 Å². The summed E-state index contributed by atoms with van der Waals surface area (Å²) in [6.07, 6.45) is 0. The van der Waals surface area contributed by atoms with E-state index in [0.29, 0.717) is 10.1 Å². The van der Waals surface area contributed by atoms with Crippen LogP contribution in [0.2, 0.25) is 5.02 Å². The van der Waals surface area contributed by atoms with Crippen molar-refractivity contribution >= 4 is 68.2 Å². The molecular weight excluding hydrogens is 428 g/mol. The molecule has 0 saturated carbocycles. The SMILES string of the molecule is O=C1[C@@H]2CS[C@H](c3ccc(Br)cc3)N2C(=S)N1c1ccc(Cl)cc1. The van der Waals surface area contributed by atoms with Crippen molar-refractivity contribution in [2.24, 2.45) is 0 Å². The van der Waals surface area contributed by atoms with E-state index in [4.69, 9.17) is 23.8 Å². The van der Waals surface area contributed by atoms with Crippen LogP contribution in [0.1, 0.15) is 10.9 Å². The number of thiocarbonyl (C=S) groups is 1. The molecule has 0 unspecified atom stereocenters. The van der Waals surface area contributed by atoms with Crippen molar-refractivity contribution in [3.63, 3.8) is 0 Å². The molecule has 0 aliphatic carbocycles. The molecule has 2 aliphatic heterocycles. The third kappa shape index (κ3) is 2.65. The molecule has 0 N–H and O–H groups in total. The van der Waals surface area contributed by atoms with Crippen LogP contribution in [-0.2, 0) is 4.79 Å². The highest BCUT2D eigenvalue weighted by atomic mass is 79.9. The molecule has 2 aromatic rings. The molecule has 2 atom stereocenters. The first kappa shape index (κ1) is 16.4. The number of rotatable bonds is 2. The summed E-state index contributed by atoms with van der Waals surface area (Å²) < 4.78 is 1.04. The smallest absolute Gasteiger partial charge is 0.257 e. The Balaban J connectivity index is 1.67. The van der Waals surface area contributed by atoms with Crippen LogP contribution in [0.3, 0.4) is 0 Å². The van der Waals surface area contributed by atoms with E-state index >= 15 is 0 Å². The second-order valence-corrected chi connectivity index (χ2v) is 8.42. The van der Waals surface area contributed by atoms with E-state index in [2.05, 4.69) is 33.0 Å². The quantitative estimate of drug-likeness (QED) is 0.624. The summed E-state index contributed by atoms with van der Waals surface area (Å²) >= 11 is 16.8. The highest BCUT2D eigenvalue weighted by molar-refractivity contribution is 9.10. The predicted octanol–water partition coefficient (Wildman–Crippen LogP) is 4.85. The van der Waals surface area contributed by atoms with Gasteiger partial charge in [-0.1, -0.05) is 39.7 Å². The Morgan fingerprint density at radius 1 is 1.12 bits per heavy atom. The number of fused-ring (bicyclic) bond motifs is 1. The van der Waals surface area contributed by atoms with Crippen molar-refractivity contribution in [3.05, 3.63) is 63.6 Å². The minimum absolute atomic E-state index is 0.0365. The first-order chi connectivity index (χ1) is 11.6. The lowest BCUT2D eigenvalue weighted by Gasteiger charge is -2.25. The zero-order valence-corrected chi connectivity index (χ0v) is 16.3. The van der Waals surface area contributed by atoms with E-state index in [9.17, 15) is 4.79 Å². The van der Waals surface area contributed by atoms with Crippen LogP contribution in [0, 0.1) is 0 Å². The van der Waals surface area contributed by atoms with Gasteiger partial charge in [-0.15, -0.1) is 11.8 Å². The second kappa shape index (κ2) is 6.33. The molecule has 2 fully saturated rings. The van der Waals surface area contributed by atoms with Crippen LogP contribution < -0.4 is 4.90 Å². The average molecular weight is 440 g/mol. The molecule has 2 aliphatic rings. The maximum absolute atomic E-state index is 12.9. The second-order valence-electron chi connectivity index (χ2n) is 5.59. The Bertz CT molecular complexity index is 812. The number of anilines is 1. The van der Waals surface area contributed by atoms with Crippen LogP contribution in [0.4, 0.5) is 5.69 Å². The summed E-state index contributed by atoms with van der Waals surface area (Å²) in [5, 5.41) is 1.27. The molecular formula is C17H12BrClN2OS2. The summed E-state index contributed by atoms with van der Waals surface area (Å²) in [4.78, 5) is 16.5. The minimum atomic E-state index is -0.202. The van der Waals surface area contributed by atoms with Crippen molar-refractivity contribution < 1.29 is 4.79 Å². The fraction of sp³-hybridized carbons (Fsp3) is 0.176. The van der Waals surface area contributed by atoms with Crippen LogP contribution in [0.5, 0.6) is 0 Å². The van der Waals surface area contributed by atoms with Crippen molar-refractivity contribution in [3.8, 4) is 0 Å². The van der Waals surface area contributed by atoms with E-state index in [1.165, 1.54) is 0 Å². The molecule has 0 bridgehead atoms. The molecule has 4 rings (SSSR count). The molecule has 7 heteroatoms. The molecule has 122 valence electrons. The zero-order chi connectivity index (χ0) is 16.8. The van der Waals surface area contributed by atoms with Gasteiger partial charge in [0.15, 0.2) is 5.11 Å². The van der Waals surface area contributed by atoms with Crippen LogP contribution in [-0.4, -0.2) is 27.7 Å². The third-order valence-corrected chi connectivity index (χ3v) is 6.66. The van der Waals surface area contributed by atoms with Gasteiger partial charge in [-0.25, -0.2) is 0 Å².